The highest BCUT2D eigenvalue weighted by Crippen LogP contribution is 2.60. The van der Waals surface area contributed by atoms with E-state index in [1.54, 1.807) is 26.4 Å². The van der Waals surface area contributed by atoms with Crippen LogP contribution in [-0.2, 0) is 65.9 Å². The molecule has 0 spiro atoms. The maximum Gasteiger partial charge on any atom is 0.326 e. The van der Waals surface area contributed by atoms with Gasteiger partial charge in [0.05, 0.1) is 90.3 Å². The van der Waals surface area contributed by atoms with E-state index >= 15 is 4.79 Å². The summed E-state index contributed by atoms with van der Waals surface area (Å²) in [5.74, 6) is -6.79. The Morgan fingerprint density at radius 1 is 0.623 bits per heavy atom. The number of halogens is 2. The molecule has 14 atom stereocenters. The Morgan fingerprint density at radius 3 is 1.45 bits per heavy atom. The number of rotatable bonds is 12. The largest absolute Gasteiger partial charge is 0.497 e. The molecule has 2 aromatic carbocycles. The minimum Gasteiger partial charge on any atom is -0.497 e. The number of nitrogens with zero attached hydrogens (tertiary/aromatic N) is 6. The topological polar surface area (TPSA) is 299 Å². The molecule has 4 aromatic rings. The SMILES string of the molecule is CC[C@@H]1[C@@H]2CN(C(=O)[C@H](C(C)(C)C)CC(=O)O[C@]3(C)CCC[C@H]3CCCCCc3nc4ccc(OC)cc4nc3O2)[C@@H]1C(=O)O.CC[C@H]1C(C(=O)C[C@]2(C(=O)NS(=O)(=O)C3(C)CC3)C[C@H]2C(F)F)N2C[C@@H]1Oc1nc3cc(OC)ccc3nc1CCCCC[C@@H]1CCC[C@@]1(C)OC(=O)C[C@@H](C(C)(C)C)C2=O. The lowest BCUT2D eigenvalue weighted by atomic mass is 9.77. The fraction of sp³-hybridized carbons (Fsp3) is 0.713. The number of esters is 2. The molecule has 4 aliphatic heterocycles. The van der Waals surface area contributed by atoms with Gasteiger partial charge in [-0.3, -0.25) is 33.5 Å². The number of fused-ring (bicyclic) bond motifs is 10. The minimum atomic E-state index is -4.20. The fourth-order valence-electron chi connectivity index (χ4n) is 17.9. The third-order valence-corrected chi connectivity index (χ3v) is 27.2. The molecule has 582 valence electrons. The molecule has 0 radical (unpaired) electrons. The molecule has 23 nitrogen and oxygen atoms in total. The first-order valence-electron chi connectivity index (χ1n) is 38.7. The summed E-state index contributed by atoms with van der Waals surface area (Å²) in [7, 11) is -1.05. The van der Waals surface area contributed by atoms with Gasteiger partial charge in [0.25, 0.3) is 0 Å². The van der Waals surface area contributed by atoms with Crippen LogP contribution in [0.4, 0.5) is 8.78 Å². The van der Waals surface area contributed by atoms with Gasteiger partial charge < -0.3 is 43.3 Å². The summed E-state index contributed by atoms with van der Waals surface area (Å²) < 4.78 is 92.9. The number of sulfonamides is 1. The Bertz CT molecular complexity index is 4090. The number of hydrogen-bond donors (Lipinski definition) is 2. The number of carbonyl (C=O) groups excluding carboxylic acids is 6. The van der Waals surface area contributed by atoms with Gasteiger partial charge in [0.1, 0.15) is 52.3 Å². The highest BCUT2D eigenvalue weighted by atomic mass is 32.2. The molecular weight excluding hydrogens is 1380 g/mol. The van der Waals surface area contributed by atoms with E-state index in [1.807, 2.05) is 93.5 Å². The first-order valence-corrected chi connectivity index (χ1v) is 40.2. The molecule has 4 saturated carbocycles. The van der Waals surface area contributed by atoms with E-state index in [0.717, 1.165) is 94.7 Å². The van der Waals surface area contributed by atoms with E-state index in [-0.39, 0.29) is 56.0 Å². The standard InChI is InChI=1S/C45H62F2N4O9S.C35H49N3O7/c1-8-28-35-25-51(37(28)34(52)24-45(23-30(45)38(46)47)41(55)50-61(56,57)43(5)19-20-43)40(54)29(42(2,3)4)22-36(53)60-44(6)18-12-14-26(44)13-10-9-11-15-32-39(59-35)49-33-21-27(58-7)16-17-31(33)48-32;1-7-23-28-20-38(30(23)33(41)42)32(40)24(34(2,3)4)19-29(39)45-35(5)17-11-13-21(35)12-9-8-10-14-26-31(44-28)37-27-18-22(43-6)15-16-25(27)36-26/h16-17,21,26,28-30,35,37-38H,8-15,18-20,22-25H2,1-7H3,(H,50,55);15-16,18,21,23-24,28,30H,7-14,17,19-20H2,1-6H3,(H,41,42)/t26-,28-,29-,30+,35+,37?,44-,45-;21-,23-,24-,28+,30+,35-/m11/s1. The Morgan fingerprint density at radius 2 is 1.06 bits per heavy atom. The van der Waals surface area contributed by atoms with Gasteiger partial charge in [-0.05, 0) is 177 Å². The van der Waals surface area contributed by atoms with E-state index in [0.29, 0.717) is 84.6 Å². The molecule has 2 aromatic heterocycles. The number of alkyl halides is 2. The second-order valence-corrected chi connectivity index (χ2v) is 36.5. The maximum absolute atomic E-state index is 15.1. The fourth-order valence-corrected chi connectivity index (χ4v) is 19.2. The van der Waals surface area contributed by atoms with Crippen molar-refractivity contribution in [2.45, 2.75) is 277 Å². The number of ketones is 1. The predicted molar refractivity (Wildman–Crippen MR) is 391 cm³/mol. The minimum absolute atomic E-state index is 0.0764. The van der Waals surface area contributed by atoms with Gasteiger partial charge in [0.15, 0.2) is 5.78 Å². The molecule has 12 rings (SSSR count). The molecule has 1 unspecified atom stereocenters. The lowest BCUT2D eigenvalue weighted by Crippen LogP contribution is -2.50. The number of aliphatic carboxylic acids is 1. The number of carboxylic acid groups (broad SMARTS) is 1. The van der Waals surface area contributed by atoms with Crippen LogP contribution in [0.2, 0.25) is 0 Å². The van der Waals surface area contributed by atoms with Crippen molar-refractivity contribution in [2.24, 2.45) is 57.7 Å². The zero-order valence-electron chi connectivity index (χ0n) is 64.2. The maximum atomic E-state index is 15.1. The number of aromatic nitrogens is 4. The lowest BCUT2D eigenvalue weighted by molar-refractivity contribution is -0.167. The third kappa shape index (κ3) is 16.8. The summed E-state index contributed by atoms with van der Waals surface area (Å²) in [5, 5.41) is 10.4. The molecular formula is C80H111F2N7O16S. The number of hydrogen-bond acceptors (Lipinski definition) is 19. The van der Waals surface area contributed by atoms with Crippen molar-refractivity contribution in [2.75, 3.05) is 27.3 Å². The van der Waals surface area contributed by atoms with Crippen LogP contribution >= 0.6 is 0 Å². The zero-order valence-corrected chi connectivity index (χ0v) is 65.0. The summed E-state index contributed by atoms with van der Waals surface area (Å²) in [6, 6.07) is 8.59. The average Bonchev–Trinajstić information content (AvgIpc) is 1.55. The second kappa shape index (κ2) is 31.3. The van der Waals surface area contributed by atoms with Crippen LogP contribution in [0.3, 0.4) is 0 Å². The van der Waals surface area contributed by atoms with E-state index in [2.05, 4.69) is 4.72 Å². The Kier molecular flexibility index (Phi) is 23.5. The monoisotopic (exact) mass is 1500 g/mol. The first kappa shape index (κ1) is 79.7. The van der Waals surface area contributed by atoms with Gasteiger partial charge >= 0.3 is 17.9 Å². The van der Waals surface area contributed by atoms with E-state index in [1.165, 1.54) is 16.7 Å². The number of nitrogens with one attached hydrogen (secondary N) is 1. The van der Waals surface area contributed by atoms with Gasteiger partial charge in [0.2, 0.25) is 45.9 Å². The van der Waals surface area contributed by atoms with Crippen molar-refractivity contribution >= 4 is 73.5 Å². The number of amides is 3. The molecule has 6 heterocycles. The van der Waals surface area contributed by atoms with Crippen molar-refractivity contribution in [3.05, 3.63) is 47.8 Å². The molecule has 3 amide bonds. The molecule has 8 aliphatic rings. The normalized spacial score (nSPS) is 31.2. The van der Waals surface area contributed by atoms with Gasteiger partial charge in [-0.1, -0.05) is 81.1 Å². The number of benzene rings is 2. The molecule has 106 heavy (non-hydrogen) atoms. The van der Waals surface area contributed by atoms with E-state index in [9.17, 15) is 51.1 Å². The van der Waals surface area contributed by atoms with Crippen LogP contribution in [0.25, 0.3) is 22.1 Å². The smallest absolute Gasteiger partial charge is 0.326 e. The number of methoxy groups -OCH3 is 2. The van der Waals surface area contributed by atoms with Crippen molar-refractivity contribution in [3.8, 4) is 23.3 Å². The van der Waals surface area contributed by atoms with Crippen LogP contribution < -0.4 is 23.7 Å². The highest BCUT2D eigenvalue weighted by molar-refractivity contribution is 7.91. The number of aryl methyl sites for hydroxylation is 2. The van der Waals surface area contributed by atoms with Gasteiger partial charge in [-0.2, -0.15) is 0 Å². The Hall–Kier alpha value is -7.38. The van der Waals surface area contributed by atoms with Crippen molar-refractivity contribution in [3.63, 3.8) is 0 Å². The number of ether oxygens (including phenoxy) is 6. The van der Waals surface area contributed by atoms with Gasteiger partial charge in [-0.15, -0.1) is 0 Å². The summed E-state index contributed by atoms with van der Waals surface area (Å²) in [5.41, 5.74) is -0.761. The number of carboxylic acids is 1. The van der Waals surface area contributed by atoms with Crippen LogP contribution in [0, 0.1) is 57.7 Å². The van der Waals surface area contributed by atoms with Crippen molar-refractivity contribution < 1.29 is 84.3 Å². The highest BCUT2D eigenvalue weighted by Gasteiger charge is 2.67. The van der Waals surface area contributed by atoms with Gasteiger partial charge in [0, 0.05) is 36.3 Å². The zero-order chi connectivity index (χ0) is 76.8. The van der Waals surface area contributed by atoms with Crippen molar-refractivity contribution in [1.82, 2.24) is 34.5 Å². The van der Waals surface area contributed by atoms with E-state index in [4.69, 9.17) is 48.4 Å². The Balaban J connectivity index is 0.000000222. The molecule has 2 N–H and O–H groups in total. The summed E-state index contributed by atoms with van der Waals surface area (Å²) in [4.78, 5) is 121. The second-order valence-electron chi connectivity index (χ2n) is 34.4. The van der Waals surface area contributed by atoms with Crippen LogP contribution in [0.15, 0.2) is 36.4 Å². The summed E-state index contributed by atoms with van der Waals surface area (Å²) in [6.07, 6.45) is 9.45. The van der Waals surface area contributed by atoms with Crippen molar-refractivity contribution in [1.29, 1.82) is 0 Å². The molecule has 6 fully saturated rings. The van der Waals surface area contributed by atoms with Crippen LogP contribution in [0.5, 0.6) is 23.3 Å². The Labute approximate surface area is 622 Å². The summed E-state index contributed by atoms with van der Waals surface area (Å²) >= 11 is 0. The first-order chi connectivity index (χ1) is 50.0. The molecule has 26 heteroatoms. The number of carbonyl (C=O) groups is 7. The van der Waals surface area contributed by atoms with Crippen LogP contribution in [0.1, 0.15) is 229 Å². The average molecular weight is 1500 g/mol. The van der Waals surface area contributed by atoms with Gasteiger partial charge in [-0.25, -0.2) is 41.9 Å². The molecule has 2 saturated heterocycles. The van der Waals surface area contributed by atoms with E-state index < -0.39 is 144 Å². The predicted octanol–water partition coefficient (Wildman–Crippen LogP) is 13.1. The summed E-state index contributed by atoms with van der Waals surface area (Å²) in [6.45, 7) is 20.5. The lowest BCUT2D eigenvalue weighted by Gasteiger charge is -2.37. The molecule has 4 aliphatic carbocycles. The third-order valence-electron chi connectivity index (χ3n) is 25.1. The number of Topliss-reactive ketones (excluding diaryl/α,β-unsaturated/α-hetero) is 1. The molecule has 4 bridgehead atoms. The van der Waals surface area contributed by atoms with Crippen LogP contribution in [-0.4, -0.2) is 159 Å². The quantitative estimate of drug-likeness (QED) is 0.125.